The van der Waals surface area contributed by atoms with Crippen molar-refractivity contribution in [2.24, 2.45) is 0 Å². The first kappa shape index (κ1) is 18.9. The molecule has 1 unspecified atom stereocenters. The normalized spacial score (nSPS) is 13.3. The minimum absolute atomic E-state index is 0.0319. The highest BCUT2D eigenvalue weighted by Crippen LogP contribution is 2.20. The first-order chi connectivity index (χ1) is 8.88. The van der Waals surface area contributed by atoms with Crippen LogP contribution < -0.4 is 0 Å². The minimum atomic E-state index is -0.569. The van der Waals surface area contributed by atoms with Gasteiger partial charge in [0.05, 0.1) is 6.10 Å². The summed E-state index contributed by atoms with van der Waals surface area (Å²) in [4.78, 5) is 11.6. The van der Waals surface area contributed by atoms with E-state index < -0.39 is 4.32 Å². The molecule has 0 radical (unpaired) electrons. The summed E-state index contributed by atoms with van der Waals surface area (Å²) in [6.45, 7) is 7.87. The summed E-state index contributed by atoms with van der Waals surface area (Å²) in [7, 11) is 0. The fourth-order valence-corrected chi connectivity index (χ4v) is 2.04. The number of hydrogen-bond acceptors (Lipinski definition) is 2. The highest BCUT2D eigenvalue weighted by atomic mass is 79.9. The minimum Gasteiger partial charge on any atom is -0.462 e. The van der Waals surface area contributed by atoms with Gasteiger partial charge in [0.15, 0.2) is 0 Å². The molecule has 0 fully saturated rings. The van der Waals surface area contributed by atoms with Gasteiger partial charge in [-0.3, -0.25) is 4.79 Å². The SMILES string of the molecule is CCCCCCCCCCC(C)OC(=O)C(C)(C)Br. The van der Waals surface area contributed by atoms with E-state index in [4.69, 9.17) is 4.74 Å². The summed E-state index contributed by atoms with van der Waals surface area (Å²) in [5.74, 6) is -0.167. The lowest BCUT2D eigenvalue weighted by Gasteiger charge is -2.19. The van der Waals surface area contributed by atoms with Crippen LogP contribution in [0.1, 0.15) is 85.5 Å². The quantitative estimate of drug-likeness (QED) is 0.278. The van der Waals surface area contributed by atoms with E-state index in [-0.39, 0.29) is 12.1 Å². The summed E-state index contributed by atoms with van der Waals surface area (Å²) >= 11 is 3.32. The topological polar surface area (TPSA) is 26.3 Å². The Balaban J connectivity index is 3.44. The van der Waals surface area contributed by atoms with Gasteiger partial charge in [0.25, 0.3) is 0 Å². The summed E-state index contributed by atoms with van der Waals surface area (Å²) in [5, 5.41) is 0. The number of hydrogen-bond donors (Lipinski definition) is 0. The molecule has 0 aromatic rings. The lowest BCUT2D eigenvalue weighted by Crippen LogP contribution is -2.29. The number of rotatable bonds is 11. The van der Waals surface area contributed by atoms with E-state index in [0.717, 1.165) is 12.8 Å². The molecule has 0 spiro atoms. The third-order valence-corrected chi connectivity index (χ3v) is 3.58. The number of esters is 1. The van der Waals surface area contributed by atoms with E-state index >= 15 is 0 Å². The molecule has 19 heavy (non-hydrogen) atoms. The van der Waals surface area contributed by atoms with Crippen LogP contribution in [0.2, 0.25) is 0 Å². The molecule has 1 atom stereocenters. The summed E-state index contributed by atoms with van der Waals surface area (Å²) < 4.78 is 4.82. The molecule has 0 rings (SSSR count). The number of alkyl halides is 1. The number of carbonyl (C=O) groups is 1. The van der Waals surface area contributed by atoms with Gasteiger partial charge in [0.1, 0.15) is 4.32 Å². The lowest BCUT2D eigenvalue weighted by atomic mass is 10.1. The van der Waals surface area contributed by atoms with Gasteiger partial charge in [-0.1, -0.05) is 67.8 Å². The second-order valence-electron chi connectivity index (χ2n) is 5.95. The molecule has 0 N–H and O–H groups in total. The second kappa shape index (κ2) is 10.7. The largest absolute Gasteiger partial charge is 0.462 e. The molecule has 3 heteroatoms. The van der Waals surface area contributed by atoms with Crippen LogP contribution in [0.15, 0.2) is 0 Å². The molecule has 0 saturated heterocycles. The van der Waals surface area contributed by atoms with E-state index in [1.54, 1.807) is 0 Å². The van der Waals surface area contributed by atoms with Gasteiger partial charge in [-0.15, -0.1) is 0 Å². The van der Waals surface area contributed by atoms with Crippen LogP contribution in [0, 0.1) is 0 Å². The number of unbranched alkanes of at least 4 members (excludes halogenated alkanes) is 7. The van der Waals surface area contributed by atoms with Gasteiger partial charge in [0, 0.05) is 0 Å². The molecule has 0 saturated carbocycles. The number of halogens is 1. The Morgan fingerprint density at radius 3 is 2.00 bits per heavy atom. The maximum atomic E-state index is 11.6. The number of carbonyl (C=O) groups excluding carboxylic acids is 1. The van der Waals surface area contributed by atoms with Gasteiger partial charge >= 0.3 is 5.97 Å². The standard InChI is InChI=1S/C16H31BrO2/c1-5-6-7-8-9-10-11-12-13-14(2)19-15(18)16(3,4)17/h14H,5-13H2,1-4H3. The molecule has 0 aliphatic carbocycles. The third-order valence-electron chi connectivity index (χ3n) is 3.26. The molecule has 0 amide bonds. The van der Waals surface area contributed by atoms with Crippen LogP contribution in [0.3, 0.4) is 0 Å². The summed E-state index contributed by atoms with van der Waals surface area (Å²) in [5.41, 5.74) is 0. The Labute approximate surface area is 127 Å². The molecule has 0 bridgehead atoms. The molecule has 0 heterocycles. The molecule has 114 valence electrons. The van der Waals surface area contributed by atoms with Gasteiger partial charge < -0.3 is 4.74 Å². The van der Waals surface area contributed by atoms with Crippen LogP contribution in [-0.4, -0.2) is 16.4 Å². The molecular formula is C16H31BrO2. The van der Waals surface area contributed by atoms with Crippen molar-refractivity contribution in [2.45, 2.75) is 95.9 Å². The predicted molar refractivity (Wildman–Crippen MR) is 85.8 cm³/mol. The Kier molecular flexibility index (Phi) is 10.7. The maximum Gasteiger partial charge on any atom is 0.322 e. The van der Waals surface area contributed by atoms with Crippen LogP contribution in [0.5, 0.6) is 0 Å². The monoisotopic (exact) mass is 334 g/mol. The van der Waals surface area contributed by atoms with E-state index in [9.17, 15) is 4.79 Å². The average molecular weight is 335 g/mol. The van der Waals surface area contributed by atoms with Crippen molar-refractivity contribution < 1.29 is 9.53 Å². The van der Waals surface area contributed by atoms with Crippen molar-refractivity contribution in [1.29, 1.82) is 0 Å². The van der Waals surface area contributed by atoms with Gasteiger partial charge in [-0.05, 0) is 33.6 Å². The fourth-order valence-electron chi connectivity index (χ4n) is 1.95. The van der Waals surface area contributed by atoms with E-state index in [1.165, 1.54) is 44.9 Å². The van der Waals surface area contributed by atoms with Crippen LogP contribution in [-0.2, 0) is 9.53 Å². The molecule has 0 aromatic heterocycles. The summed E-state index contributed by atoms with van der Waals surface area (Å²) in [6.07, 6.45) is 11.5. The van der Waals surface area contributed by atoms with Crippen LogP contribution in [0.25, 0.3) is 0 Å². The average Bonchev–Trinajstić information content (AvgIpc) is 2.31. The molecule has 0 aliphatic heterocycles. The smallest absolute Gasteiger partial charge is 0.322 e. The van der Waals surface area contributed by atoms with Crippen molar-refractivity contribution in [3.8, 4) is 0 Å². The van der Waals surface area contributed by atoms with Gasteiger partial charge in [0.2, 0.25) is 0 Å². The zero-order chi connectivity index (χ0) is 14.7. The highest BCUT2D eigenvalue weighted by molar-refractivity contribution is 9.10. The Bertz CT molecular complexity index is 233. The lowest BCUT2D eigenvalue weighted by molar-refractivity contribution is -0.150. The number of ether oxygens (including phenoxy) is 1. The van der Waals surface area contributed by atoms with Gasteiger partial charge in [-0.2, -0.15) is 0 Å². The zero-order valence-corrected chi connectivity index (χ0v) is 14.7. The second-order valence-corrected chi connectivity index (χ2v) is 7.93. The highest BCUT2D eigenvalue weighted by Gasteiger charge is 2.26. The predicted octanol–water partition coefficient (Wildman–Crippen LogP) is 5.62. The van der Waals surface area contributed by atoms with E-state index in [1.807, 2.05) is 20.8 Å². The molecular weight excluding hydrogens is 304 g/mol. The maximum absolute atomic E-state index is 11.6. The Morgan fingerprint density at radius 2 is 1.53 bits per heavy atom. The fraction of sp³-hybridized carbons (Fsp3) is 0.938. The van der Waals surface area contributed by atoms with Crippen molar-refractivity contribution in [1.82, 2.24) is 0 Å². The molecule has 0 aromatic carbocycles. The van der Waals surface area contributed by atoms with Crippen LogP contribution >= 0.6 is 15.9 Å². The van der Waals surface area contributed by atoms with Gasteiger partial charge in [-0.25, -0.2) is 0 Å². The van der Waals surface area contributed by atoms with Crippen molar-refractivity contribution >= 4 is 21.9 Å². The first-order valence-corrected chi connectivity index (χ1v) is 8.57. The van der Waals surface area contributed by atoms with Crippen molar-refractivity contribution in [3.63, 3.8) is 0 Å². The van der Waals surface area contributed by atoms with E-state index in [2.05, 4.69) is 22.9 Å². The van der Waals surface area contributed by atoms with Crippen LogP contribution in [0.4, 0.5) is 0 Å². The molecule has 0 aliphatic rings. The van der Waals surface area contributed by atoms with E-state index in [0.29, 0.717) is 0 Å². The Morgan fingerprint density at radius 1 is 1.05 bits per heavy atom. The van der Waals surface area contributed by atoms with Crippen molar-refractivity contribution in [2.75, 3.05) is 0 Å². The zero-order valence-electron chi connectivity index (χ0n) is 13.1. The van der Waals surface area contributed by atoms with Crippen molar-refractivity contribution in [3.05, 3.63) is 0 Å². The molecule has 2 nitrogen and oxygen atoms in total. The first-order valence-electron chi connectivity index (χ1n) is 7.78. The Hall–Kier alpha value is -0.0500. The third kappa shape index (κ3) is 11.5. The summed E-state index contributed by atoms with van der Waals surface area (Å²) in [6, 6.07) is 0.